The minimum Gasteiger partial charge on any atom is -0.478 e. The number of aromatic carboxylic acids is 1. The first-order chi connectivity index (χ1) is 9.61. The van der Waals surface area contributed by atoms with Crippen LogP contribution >= 0.6 is 23.4 Å². The van der Waals surface area contributed by atoms with Gasteiger partial charge in [-0.2, -0.15) is 5.26 Å². The van der Waals surface area contributed by atoms with Crippen LogP contribution in [0, 0.1) is 11.3 Å². The van der Waals surface area contributed by atoms with E-state index in [4.69, 9.17) is 22.0 Å². The van der Waals surface area contributed by atoms with Crippen molar-refractivity contribution in [3.8, 4) is 6.07 Å². The Morgan fingerprint density at radius 3 is 2.70 bits per heavy atom. The summed E-state index contributed by atoms with van der Waals surface area (Å²) in [5.74, 6) is -0.395. The summed E-state index contributed by atoms with van der Waals surface area (Å²) in [7, 11) is 0. The Morgan fingerprint density at radius 1 is 1.30 bits per heavy atom. The maximum Gasteiger partial charge on any atom is 0.336 e. The summed E-state index contributed by atoms with van der Waals surface area (Å²) in [4.78, 5) is 11.8. The van der Waals surface area contributed by atoms with Gasteiger partial charge in [-0.25, -0.2) is 4.79 Å². The van der Waals surface area contributed by atoms with Crippen molar-refractivity contribution in [2.75, 3.05) is 0 Å². The van der Waals surface area contributed by atoms with Gasteiger partial charge in [-0.1, -0.05) is 29.8 Å². The Morgan fingerprint density at radius 2 is 2.05 bits per heavy atom. The molecule has 0 saturated heterocycles. The molecule has 3 nitrogen and oxygen atoms in total. The van der Waals surface area contributed by atoms with E-state index in [2.05, 4.69) is 0 Å². The highest BCUT2D eigenvalue weighted by Gasteiger charge is 2.10. The van der Waals surface area contributed by atoms with Crippen molar-refractivity contribution in [2.45, 2.75) is 10.6 Å². The fourth-order valence-electron chi connectivity index (χ4n) is 1.66. The highest BCUT2D eigenvalue weighted by molar-refractivity contribution is 7.98. The molecular weight excluding hydrogens is 294 g/mol. The molecule has 1 N–H and O–H groups in total. The Labute approximate surface area is 125 Å². The first-order valence-corrected chi connectivity index (χ1v) is 7.12. The molecule has 0 radical (unpaired) electrons. The SMILES string of the molecule is N#Cc1ccc(CSc2ccccc2C(=O)O)c(Cl)c1. The number of nitrogens with zero attached hydrogens (tertiary/aromatic N) is 1. The van der Waals surface area contributed by atoms with Gasteiger partial charge >= 0.3 is 5.97 Å². The van der Waals surface area contributed by atoms with Gasteiger partial charge in [0.25, 0.3) is 0 Å². The van der Waals surface area contributed by atoms with Crippen molar-refractivity contribution < 1.29 is 9.90 Å². The summed E-state index contributed by atoms with van der Waals surface area (Å²) >= 11 is 7.50. The van der Waals surface area contributed by atoms with Crippen molar-refractivity contribution in [3.63, 3.8) is 0 Å². The van der Waals surface area contributed by atoms with E-state index in [1.807, 2.05) is 6.07 Å². The summed E-state index contributed by atoms with van der Waals surface area (Å²) in [6.45, 7) is 0. The molecule has 2 rings (SSSR count). The van der Waals surface area contributed by atoms with Gasteiger partial charge in [-0.15, -0.1) is 11.8 Å². The lowest BCUT2D eigenvalue weighted by atomic mass is 10.2. The number of hydrogen-bond acceptors (Lipinski definition) is 3. The van der Waals surface area contributed by atoms with E-state index < -0.39 is 5.97 Å². The fourth-order valence-corrected chi connectivity index (χ4v) is 3.03. The second kappa shape index (κ2) is 6.47. The van der Waals surface area contributed by atoms with Crippen LogP contribution in [0.3, 0.4) is 0 Å². The normalized spacial score (nSPS) is 10.0. The number of carboxylic acid groups (broad SMARTS) is 1. The Balaban J connectivity index is 2.18. The first kappa shape index (κ1) is 14.4. The molecule has 0 bridgehead atoms. The van der Waals surface area contributed by atoms with Gasteiger partial charge < -0.3 is 5.11 Å². The zero-order chi connectivity index (χ0) is 14.5. The van der Waals surface area contributed by atoms with Crippen molar-refractivity contribution in [2.24, 2.45) is 0 Å². The quantitative estimate of drug-likeness (QED) is 0.860. The number of thioether (sulfide) groups is 1. The van der Waals surface area contributed by atoms with E-state index in [1.54, 1.807) is 42.5 Å². The third-order valence-electron chi connectivity index (χ3n) is 2.68. The Bertz CT molecular complexity index is 695. The lowest BCUT2D eigenvalue weighted by Crippen LogP contribution is -1.98. The zero-order valence-corrected chi connectivity index (χ0v) is 11.9. The van der Waals surface area contributed by atoms with E-state index in [1.165, 1.54) is 11.8 Å². The first-order valence-electron chi connectivity index (χ1n) is 5.75. The van der Waals surface area contributed by atoms with Crippen LogP contribution in [0.15, 0.2) is 47.4 Å². The molecule has 0 aliphatic carbocycles. The second-order valence-electron chi connectivity index (χ2n) is 4.01. The second-order valence-corrected chi connectivity index (χ2v) is 5.43. The van der Waals surface area contributed by atoms with Gasteiger partial charge in [0.15, 0.2) is 0 Å². The lowest BCUT2D eigenvalue weighted by Gasteiger charge is -2.07. The molecule has 0 aliphatic heterocycles. The predicted octanol–water partition coefficient (Wildman–Crippen LogP) is 4.20. The average molecular weight is 304 g/mol. The molecule has 0 aliphatic rings. The summed E-state index contributed by atoms with van der Waals surface area (Å²) in [5.41, 5.74) is 1.66. The standard InChI is InChI=1S/C15H10ClNO2S/c16-13-7-10(8-17)5-6-11(13)9-20-14-4-2-1-3-12(14)15(18)19/h1-7H,9H2,(H,18,19). The summed E-state index contributed by atoms with van der Waals surface area (Å²) in [6.07, 6.45) is 0. The number of rotatable bonds is 4. The molecule has 0 unspecified atom stereocenters. The summed E-state index contributed by atoms with van der Waals surface area (Å²) in [5, 5.41) is 18.4. The van der Waals surface area contributed by atoms with Crippen LogP contribution in [0.5, 0.6) is 0 Å². The summed E-state index contributed by atoms with van der Waals surface area (Å²) < 4.78 is 0. The maximum atomic E-state index is 11.1. The number of carboxylic acids is 1. The topological polar surface area (TPSA) is 61.1 Å². The maximum absolute atomic E-state index is 11.1. The van der Waals surface area contributed by atoms with Gasteiger partial charge in [0, 0.05) is 15.7 Å². The van der Waals surface area contributed by atoms with Crippen LogP contribution < -0.4 is 0 Å². The molecule has 20 heavy (non-hydrogen) atoms. The molecule has 100 valence electrons. The highest BCUT2D eigenvalue weighted by atomic mass is 35.5. The molecule has 0 aromatic heterocycles. The van der Waals surface area contributed by atoms with Crippen LogP contribution in [0.2, 0.25) is 5.02 Å². The zero-order valence-electron chi connectivity index (χ0n) is 10.3. The van der Waals surface area contributed by atoms with Gasteiger partial charge in [0.1, 0.15) is 0 Å². The predicted molar refractivity (Wildman–Crippen MR) is 79.1 cm³/mol. The van der Waals surface area contributed by atoms with Crippen molar-refractivity contribution in [1.82, 2.24) is 0 Å². The molecular formula is C15H10ClNO2S. The van der Waals surface area contributed by atoms with Crippen molar-refractivity contribution in [3.05, 3.63) is 64.2 Å². The Kier molecular flexibility index (Phi) is 4.67. The molecule has 0 fully saturated rings. The largest absolute Gasteiger partial charge is 0.478 e. The third-order valence-corrected chi connectivity index (χ3v) is 4.16. The Hall–Kier alpha value is -1.96. The number of halogens is 1. The van der Waals surface area contributed by atoms with Crippen LogP contribution in [0.4, 0.5) is 0 Å². The smallest absolute Gasteiger partial charge is 0.336 e. The monoisotopic (exact) mass is 303 g/mol. The van der Waals surface area contributed by atoms with Crippen LogP contribution in [0.25, 0.3) is 0 Å². The average Bonchev–Trinajstić information content (AvgIpc) is 2.46. The summed E-state index contributed by atoms with van der Waals surface area (Å²) in [6, 6.07) is 14.0. The van der Waals surface area contributed by atoms with E-state index in [0.29, 0.717) is 21.2 Å². The van der Waals surface area contributed by atoms with E-state index >= 15 is 0 Å². The minimum absolute atomic E-state index is 0.280. The molecule has 0 heterocycles. The molecule has 2 aromatic rings. The molecule has 0 saturated carbocycles. The molecule has 0 amide bonds. The van der Waals surface area contributed by atoms with Gasteiger partial charge in [-0.05, 0) is 29.8 Å². The van der Waals surface area contributed by atoms with Crippen molar-refractivity contribution in [1.29, 1.82) is 5.26 Å². The number of hydrogen-bond donors (Lipinski definition) is 1. The minimum atomic E-state index is -0.945. The number of nitriles is 1. The van der Waals surface area contributed by atoms with E-state index in [0.717, 1.165) is 5.56 Å². The molecule has 5 heteroatoms. The van der Waals surface area contributed by atoms with E-state index in [9.17, 15) is 4.79 Å². The molecule has 2 aromatic carbocycles. The fraction of sp³-hybridized carbons (Fsp3) is 0.0667. The number of carbonyl (C=O) groups is 1. The number of benzene rings is 2. The van der Waals surface area contributed by atoms with Crippen LogP contribution in [-0.4, -0.2) is 11.1 Å². The van der Waals surface area contributed by atoms with Crippen LogP contribution in [0.1, 0.15) is 21.5 Å². The lowest BCUT2D eigenvalue weighted by molar-refractivity contribution is 0.0693. The van der Waals surface area contributed by atoms with Gasteiger partial charge in [-0.3, -0.25) is 0 Å². The van der Waals surface area contributed by atoms with Crippen molar-refractivity contribution >= 4 is 29.3 Å². The van der Waals surface area contributed by atoms with Gasteiger partial charge in [0.05, 0.1) is 17.2 Å². The van der Waals surface area contributed by atoms with E-state index in [-0.39, 0.29) is 5.56 Å². The van der Waals surface area contributed by atoms with Gasteiger partial charge in [0.2, 0.25) is 0 Å². The molecule has 0 atom stereocenters. The highest BCUT2D eigenvalue weighted by Crippen LogP contribution is 2.29. The van der Waals surface area contributed by atoms with Crippen LogP contribution in [-0.2, 0) is 5.75 Å². The molecule has 0 spiro atoms. The third kappa shape index (κ3) is 3.32.